The molecule has 0 nitrogen and oxygen atoms in total. The molecule has 0 atom stereocenters. The second kappa shape index (κ2) is 5.73. The zero-order chi connectivity index (χ0) is 14.1. The van der Waals surface area contributed by atoms with Crippen molar-refractivity contribution in [2.45, 2.75) is 29.8 Å². The molecule has 0 N–H and O–H groups in total. The topological polar surface area (TPSA) is 0 Å². The van der Waals surface area contributed by atoms with E-state index in [2.05, 4.69) is 72.1 Å². The van der Waals surface area contributed by atoms with E-state index in [1.165, 1.54) is 46.6 Å². The lowest BCUT2D eigenvalue weighted by molar-refractivity contribution is 0.791. The van der Waals surface area contributed by atoms with Crippen LogP contribution < -0.4 is 0 Å². The molecule has 0 radical (unpaired) electrons. The number of hydrogen-bond acceptors (Lipinski definition) is 2. The molecule has 21 heavy (non-hydrogen) atoms. The Morgan fingerprint density at radius 1 is 0.667 bits per heavy atom. The fourth-order valence-corrected chi connectivity index (χ4v) is 6.78. The van der Waals surface area contributed by atoms with Crippen LogP contribution in [0.2, 0.25) is 0 Å². The summed E-state index contributed by atoms with van der Waals surface area (Å²) in [7, 11) is 0. The van der Waals surface area contributed by atoms with Crippen LogP contribution in [0.25, 0.3) is 0 Å². The molecular weight excluding hydrogens is 292 g/mol. The predicted octanol–water partition coefficient (Wildman–Crippen LogP) is 4.75. The van der Waals surface area contributed by atoms with Gasteiger partial charge in [0.05, 0.1) is 4.08 Å². The van der Waals surface area contributed by atoms with Gasteiger partial charge in [-0.3, -0.25) is 0 Å². The second-order valence-corrected chi connectivity index (χ2v) is 9.32. The lowest BCUT2D eigenvalue weighted by Crippen LogP contribution is -2.24. The fourth-order valence-electron chi connectivity index (χ4n) is 3.46. The smallest absolute Gasteiger partial charge is 0.0691 e. The third-order valence-electron chi connectivity index (χ3n) is 4.45. The SMILES string of the molecule is c1cc2cc(c1)CC1(Cc3cccc(c3)CC2)SCCS1. The standard InChI is InChI=1S/C19H20S2/c1-3-15-7-8-16-4-2-6-18(12-16)14-19(20-9-10-21-19)13-17(5-1)11-15/h1-6,11-12H,7-10,13-14H2. The molecule has 0 aromatic heterocycles. The molecule has 2 aromatic carbocycles. The largest absolute Gasteiger partial charge is 0.143 e. The summed E-state index contributed by atoms with van der Waals surface area (Å²) in [4.78, 5) is 0. The maximum atomic E-state index is 2.44. The molecule has 1 aliphatic carbocycles. The van der Waals surface area contributed by atoms with Crippen LogP contribution in [0.4, 0.5) is 0 Å². The molecule has 1 fully saturated rings. The van der Waals surface area contributed by atoms with Crippen LogP contribution in [-0.4, -0.2) is 15.6 Å². The van der Waals surface area contributed by atoms with Gasteiger partial charge in [-0.2, -0.15) is 0 Å². The lowest BCUT2D eigenvalue weighted by atomic mass is 10.0. The summed E-state index contributed by atoms with van der Waals surface area (Å²) >= 11 is 4.35. The van der Waals surface area contributed by atoms with Gasteiger partial charge in [-0.05, 0) is 47.9 Å². The second-order valence-electron chi connectivity index (χ2n) is 6.10. The first-order chi connectivity index (χ1) is 10.3. The minimum absolute atomic E-state index is 0.349. The van der Waals surface area contributed by atoms with Crippen molar-refractivity contribution >= 4 is 23.5 Å². The molecule has 1 saturated heterocycles. The molecular formula is C19H20S2. The molecule has 2 aliphatic rings. The van der Waals surface area contributed by atoms with Gasteiger partial charge in [0.15, 0.2) is 0 Å². The maximum absolute atomic E-state index is 2.44. The molecule has 1 spiro atoms. The summed E-state index contributed by atoms with van der Waals surface area (Å²) in [5.41, 5.74) is 6.01. The highest BCUT2D eigenvalue weighted by Gasteiger charge is 2.36. The molecule has 4 bridgehead atoms. The normalized spacial score (nSPS) is 20.2. The van der Waals surface area contributed by atoms with E-state index in [0.29, 0.717) is 4.08 Å². The highest BCUT2D eigenvalue weighted by molar-refractivity contribution is 8.21. The fraction of sp³-hybridized carbons (Fsp3) is 0.368. The monoisotopic (exact) mass is 312 g/mol. The third-order valence-corrected chi connectivity index (χ3v) is 7.86. The lowest BCUT2D eigenvalue weighted by Gasteiger charge is -2.28. The van der Waals surface area contributed by atoms with Crippen molar-refractivity contribution in [2.24, 2.45) is 0 Å². The van der Waals surface area contributed by atoms with Gasteiger partial charge in [0.2, 0.25) is 0 Å². The van der Waals surface area contributed by atoms with E-state index in [4.69, 9.17) is 0 Å². The van der Waals surface area contributed by atoms with Crippen molar-refractivity contribution in [3.8, 4) is 0 Å². The van der Waals surface area contributed by atoms with Crippen LogP contribution in [0.1, 0.15) is 22.3 Å². The molecule has 1 heterocycles. The van der Waals surface area contributed by atoms with Crippen molar-refractivity contribution in [3.63, 3.8) is 0 Å². The predicted molar refractivity (Wildman–Crippen MR) is 95.3 cm³/mol. The average Bonchev–Trinajstić information content (AvgIpc) is 2.93. The van der Waals surface area contributed by atoms with Crippen molar-refractivity contribution in [1.29, 1.82) is 0 Å². The van der Waals surface area contributed by atoms with Crippen molar-refractivity contribution in [1.82, 2.24) is 0 Å². The minimum Gasteiger partial charge on any atom is -0.143 e. The zero-order valence-corrected chi connectivity index (χ0v) is 13.8. The highest BCUT2D eigenvalue weighted by Crippen LogP contribution is 2.48. The van der Waals surface area contributed by atoms with Gasteiger partial charge in [0, 0.05) is 11.5 Å². The maximum Gasteiger partial charge on any atom is 0.0691 e. The molecule has 0 unspecified atom stereocenters. The Hall–Kier alpha value is -0.860. The summed E-state index contributed by atoms with van der Waals surface area (Å²) in [6.07, 6.45) is 4.70. The molecule has 4 rings (SSSR count). The van der Waals surface area contributed by atoms with Crippen LogP contribution in [0.3, 0.4) is 0 Å². The molecule has 2 heteroatoms. The number of fused-ring (bicyclic) bond motifs is 4. The van der Waals surface area contributed by atoms with Crippen LogP contribution in [0, 0.1) is 0 Å². The summed E-state index contributed by atoms with van der Waals surface area (Å²) in [6, 6.07) is 18.6. The van der Waals surface area contributed by atoms with Gasteiger partial charge in [0.25, 0.3) is 0 Å². The minimum atomic E-state index is 0.349. The molecule has 2 aromatic rings. The average molecular weight is 313 g/mol. The first-order valence-electron chi connectivity index (χ1n) is 7.75. The first-order valence-corrected chi connectivity index (χ1v) is 9.72. The van der Waals surface area contributed by atoms with E-state index < -0.39 is 0 Å². The van der Waals surface area contributed by atoms with Crippen molar-refractivity contribution in [3.05, 3.63) is 70.8 Å². The quantitative estimate of drug-likeness (QED) is 0.689. The molecule has 1 aliphatic heterocycles. The highest BCUT2D eigenvalue weighted by atomic mass is 32.2. The van der Waals surface area contributed by atoms with E-state index >= 15 is 0 Å². The van der Waals surface area contributed by atoms with E-state index in [9.17, 15) is 0 Å². The van der Waals surface area contributed by atoms with Gasteiger partial charge in [-0.25, -0.2) is 0 Å². The van der Waals surface area contributed by atoms with Crippen LogP contribution in [0.15, 0.2) is 48.5 Å². The number of hydrogen-bond donors (Lipinski definition) is 0. The van der Waals surface area contributed by atoms with Crippen molar-refractivity contribution in [2.75, 3.05) is 11.5 Å². The van der Waals surface area contributed by atoms with Gasteiger partial charge in [-0.1, -0.05) is 48.5 Å². The Balaban J connectivity index is 1.78. The summed E-state index contributed by atoms with van der Waals surface area (Å²) in [5.74, 6) is 2.59. The Bertz CT molecular complexity index is 590. The Morgan fingerprint density at radius 2 is 1.14 bits per heavy atom. The zero-order valence-electron chi connectivity index (χ0n) is 12.2. The van der Waals surface area contributed by atoms with Crippen LogP contribution in [0.5, 0.6) is 0 Å². The third kappa shape index (κ3) is 3.02. The van der Waals surface area contributed by atoms with E-state index in [0.717, 1.165) is 12.8 Å². The number of thioether (sulfide) groups is 2. The molecule has 0 amide bonds. The van der Waals surface area contributed by atoms with Crippen LogP contribution >= 0.6 is 23.5 Å². The van der Waals surface area contributed by atoms with Gasteiger partial charge < -0.3 is 0 Å². The summed E-state index contributed by atoms with van der Waals surface area (Å²) in [5, 5.41) is 0. The Labute approximate surface area is 135 Å². The number of aryl methyl sites for hydroxylation is 2. The van der Waals surface area contributed by atoms with Gasteiger partial charge in [-0.15, -0.1) is 23.5 Å². The number of rotatable bonds is 0. The van der Waals surface area contributed by atoms with E-state index in [1.54, 1.807) is 0 Å². The molecule has 108 valence electrons. The molecule has 0 saturated carbocycles. The summed E-state index contributed by atoms with van der Waals surface area (Å²) < 4.78 is 0.349. The Kier molecular flexibility index (Phi) is 3.76. The van der Waals surface area contributed by atoms with Gasteiger partial charge in [0.1, 0.15) is 0 Å². The van der Waals surface area contributed by atoms with Crippen LogP contribution in [-0.2, 0) is 25.7 Å². The summed E-state index contributed by atoms with van der Waals surface area (Å²) in [6.45, 7) is 0. The number of benzene rings is 2. The van der Waals surface area contributed by atoms with Crippen molar-refractivity contribution < 1.29 is 0 Å². The van der Waals surface area contributed by atoms with E-state index in [1.807, 2.05) is 0 Å². The first kappa shape index (κ1) is 13.8. The van der Waals surface area contributed by atoms with E-state index in [-0.39, 0.29) is 0 Å². The van der Waals surface area contributed by atoms with Gasteiger partial charge >= 0.3 is 0 Å². The Morgan fingerprint density at radius 3 is 1.67 bits per heavy atom.